The van der Waals surface area contributed by atoms with Crippen molar-refractivity contribution in [2.75, 3.05) is 0 Å². The van der Waals surface area contributed by atoms with E-state index in [1.165, 1.54) is 0 Å². The van der Waals surface area contributed by atoms with E-state index in [9.17, 15) is 0 Å². The van der Waals surface area contributed by atoms with Crippen LogP contribution >= 0.6 is 0 Å². The summed E-state index contributed by atoms with van der Waals surface area (Å²) in [5, 5.41) is 7.42. The van der Waals surface area contributed by atoms with E-state index >= 15 is 0 Å². The fraction of sp³-hybridized carbons (Fsp3) is 0.500. The maximum atomic E-state index is 9.00. The summed E-state index contributed by atoms with van der Waals surface area (Å²) in [7, 11) is 0. The Kier molecular flexibility index (Phi) is 31.0. The molecule has 0 saturated heterocycles. The molecule has 0 aromatic heterocycles. The van der Waals surface area contributed by atoms with Crippen molar-refractivity contribution in [1.29, 1.82) is 0 Å². The Bertz CT molecular complexity index is 45.3. The van der Waals surface area contributed by atoms with Gasteiger partial charge < -0.3 is 14.4 Å². The fourth-order valence-corrected chi connectivity index (χ4v) is 0. The molecule has 1 N–H and O–H groups in total. The molecule has 44 valence electrons. The van der Waals surface area contributed by atoms with Crippen LogP contribution in [0, 0.1) is 11.3 Å². The Morgan fingerprint density at radius 1 is 1.62 bits per heavy atom. The number of carbonyl (C=O) groups is 1. The van der Waals surface area contributed by atoms with Crippen molar-refractivity contribution in [2.24, 2.45) is 0 Å². The van der Waals surface area contributed by atoms with Crippen LogP contribution in [0.2, 0.25) is 0 Å². The second-order valence-corrected chi connectivity index (χ2v) is 0.708. The average molecular weight is 150 g/mol. The van der Waals surface area contributed by atoms with Crippen molar-refractivity contribution in [3.8, 4) is 0 Å². The zero-order valence-electron chi connectivity index (χ0n) is 4.55. The number of carboxylic acid groups (broad SMARTS) is 1. The molecule has 0 unspecified atom stereocenters. The van der Waals surface area contributed by atoms with E-state index in [1.54, 1.807) is 0 Å². The molecule has 0 aromatic carbocycles. The Balaban J connectivity index is -0.0000000575. The third-order valence-electron chi connectivity index (χ3n) is 0. The maximum absolute atomic E-state index is 9.00. The van der Waals surface area contributed by atoms with E-state index in [1.807, 2.05) is 0 Å². The van der Waals surface area contributed by atoms with Crippen LogP contribution in [0.5, 0.6) is 0 Å². The molecule has 0 atom stereocenters. The number of carboxylic acids is 1. The van der Waals surface area contributed by atoms with Crippen LogP contribution in [0.15, 0.2) is 0 Å². The molecule has 0 heterocycles. The summed E-state index contributed by atoms with van der Waals surface area (Å²) in [6.45, 7) is 1.08. The second-order valence-electron chi connectivity index (χ2n) is 0.582. The number of rotatable bonds is 0. The van der Waals surface area contributed by atoms with Gasteiger partial charge in [0.15, 0.2) is 0 Å². The van der Waals surface area contributed by atoms with E-state index in [2.05, 4.69) is 0 Å². The third kappa shape index (κ3) is 466. The summed E-state index contributed by atoms with van der Waals surface area (Å²) in [5.74, 6) is -0.833. The van der Waals surface area contributed by atoms with Crippen LogP contribution in [0.25, 0.3) is 0 Å². The van der Waals surface area contributed by atoms with E-state index in [0.29, 0.717) is 0 Å². The third-order valence-corrected chi connectivity index (χ3v) is 0. The minimum atomic E-state index is -0.833. The van der Waals surface area contributed by atoms with Crippen LogP contribution in [0.1, 0.15) is 6.92 Å². The maximum Gasteiger partial charge on any atom is 1.00 e. The molecular weight excluding hydrogens is 146 g/mol. The smallest absolute Gasteiger partial charge is 0.544 e. The van der Waals surface area contributed by atoms with Crippen LogP contribution in [-0.4, -0.2) is 11.1 Å². The predicted octanol–water partition coefficient (Wildman–Crippen LogP) is -5.28. The van der Waals surface area contributed by atoms with Crippen LogP contribution in [0.3, 0.4) is 0 Å². The Morgan fingerprint density at radius 3 is 1.62 bits per heavy atom. The molecule has 4 nitrogen and oxygen atoms in total. The summed E-state index contributed by atoms with van der Waals surface area (Å²) in [5.41, 5.74) is 0. The normalized spacial score (nSPS) is 5.38. The van der Waals surface area contributed by atoms with Crippen LogP contribution in [0.4, 0.5) is 0 Å². The topological polar surface area (TPSA) is 83.4 Å². The molecule has 0 saturated carbocycles. The van der Waals surface area contributed by atoms with Gasteiger partial charge in [0.2, 0.25) is 0 Å². The first-order chi connectivity index (χ1) is 3.15. The van der Waals surface area contributed by atoms with Gasteiger partial charge in [-0.3, -0.25) is 4.79 Å². The average Bonchev–Trinajstić information content (AvgIpc) is 1.33. The molecule has 0 bridgehead atoms. The van der Waals surface area contributed by atoms with E-state index in [0.717, 1.165) is 6.92 Å². The first-order valence-electron chi connectivity index (χ1n) is 1.24. The Labute approximate surface area is 72.9 Å². The molecule has 0 aliphatic rings. The van der Waals surface area contributed by atoms with Gasteiger partial charge >= 0.3 is 29.6 Å². The molecule has 0 rings (SSSR count). The van der Waals surface area contributed by atoms with Crippen molar-refractivity contribution in [1.82, 2.24) is 0 Å². The van der Waals surface area contributed by atoms with E-state index in [-0.39, 0.29) is 29.6 Å². The van der Waals surface area contributed by atoms with Crippen LogP contribution in [-0.2, 0) is 4.79 Å². The van der Waals surface area contributed by atoms with Gasteiger partial charge in [-0.15, -0.1) is 0 Å². The Morgan fingerprint density at radius 2 is 1.62 bits per heavy atom. The first-order valence-corrected chi connectivity index (χ1v) is 1.85. The number of halogens is 1. The molecule has 8 heavy (non-hydrogen) atoms. The molecule has 0 amide bonds. The molecule has 0 spiro atoms. The van der Waals surface area contributed by atoms with Crippen molar-refractivity contribution >= 4 is 5.97 Å². The van der Waals surface area contributed by atoms with Crippen LogP contribution < -0.4 is 38.9 Å². The standard InChI is InChI=1S/C2H4O2.ClO2.Na/c1-2(3)4;2-1-3;/h1H3,(H,3,4);;/q;-1;+1. The van der Waals surface area contributed by atoms with Crippen molar-refractivity contribution in [2.45, 2.75) is 6.92 Å². The van der Waals surface area contributed by atoms with Gasteiger partial charge in [-0.25, -0.2) is 0 Å². The minimum Gasteiger partial charge on any atom is -0.544 e. The predicted molar refractivity (Wildman–Crippen MR) is 13.3 cm³/mol. The van der Waals surface area contributed by atoms with Crippen molar-refractivity contribution < 1.29 is 60.1 Å². The molecular formula is C2H4ClNaO4. The summed E-state index contributed by atoms with van der Waals surface area (Å²) < 4.78 is 16.5. The SMILES string of the molecule is CC(=O)O.[Na+].[O-][Cl+][O-]. The van der Waals surface area contributed by atoms with Crippen molar-refractivity contribution in [3.63, 3.8) is 0 Å². The van der Waals surface area contributed by atoms with E-state index in [4.69, 9.17) is 19.2 Å². The molecule has 0 radical (unpaired) electrons. The molecule has 0 aliphatic carbocycles. The first kappa shape index (κ1) is 15.9. The van der Waals surface area contributed by atoms with Gasteiger partial charge in [0, 0.05) is 6.92 Å². The van der Waals surface area contributed by atoms with Gasteiger partial charge in [-0.1, -0.05) is 0 Å². The molecule has 0 aliphatic heterocycles. The summed E-state index contributed by atoms with van der Waals surface area (Å²) >= 11 is -0.417. The fourth-order valence-electron chi connectivity index (χ4n) is 0. The zero-order chi connectivity index (χ0) is 6.28. The number of hydrogen-bond acceptors (Lipinski definition) is 3. The largest absolute Gasteiger partial charge is 1.00 e. The quantitative estimate of drug-likeness (QED) is 0.350. The minimum absolute atomic E-state index is 0. The molecule has 0 aromatic rings. The second kappa shape index (κ2) is 15.6. The summed E-state index contributed by atoms with van der Waals surface area (Å²) in [6.07, 6.45) is 0. The summed E-state index contributed by atoms with van der Waals surface area (Å²) in [6, 6.07) is 0. The monoisotopic (exact) mass is 150 g/mol. The van der Waals surface area contributed by atoms with Gasteiger partial charge in [0.25, 0.3) is 5.97 Å². The Hall–Kier alpha value is 0.680. The van der Waals surface area contributed by atoms with Gasteiger partial charge in [0.1, 0.15) is 0 Å². The number of aliphatic carboxylic acids is 1. The van der Waals surface area contributed by atoms with Gasteiger partial charge in [0.05, 0.1) is 11.3 Å². The molecule has 6 heteroatoms. The van der Waals surface area contributed by atoms with E-state index < -0.39 is 17.3 Å². The molecule has 0 fully saturated rings. The zero-order valence-corrected chi connectivity index (χ0v) is 7.31. The summed E-state index contributed by atoms with van der Waals surface area (Å²) in [4.78, 5) is 9.00. The van der Waals surface area contributed by atoms with Gasteiger partial charge in [-0.2, -0.15) is 0 Å². The number of hydrogen-bond donors (Lipinski definition) is 1. The van der Waals surface area contributed by atoms with Gasteiger partial charge in [-0.05, 0) is 0 Å². The van der Waals surface area contributed by atoms with Crippen molar-refractivity contribution in [3.05, 3.63) is 0 Å².